The van der Waals surface area contributed by atoms with E-state index in [1.54, 1.807) is 0 Å². The molecule has 0 saturated carbocycles. The lowest BCUT2D eigenvalue weighted by Gasteiger charge is -2.14. The van der Waals surface area contributed by atoms with Gasteiger partial charge in [-0.05, 0) is 30.9 Å². The molecule has 0 spiro atoms. The van der Waals surface area contributed by atoms with Gasteiger partial charge in [0.15, 0.2) is 0 Å². The summed E-state index contributed by atoms with van der Waals surface area (Å²) in [7, 11) is 0. The highest BCUT2D eigenvalue weighted by molar-refractivity contribution is 5.33. The van der Waals surface area contributed by atoms with Crippen molar-refractivity contribution in [3.05, 3.63) is 29.8 Å². The van der Waals surface area contributed by atoms with Crippen molar-refractivity contribution in [2.75, 3.05) is 6.61 Å². The lowest BCUT2D eigenvalue weighted by molar-refractivity contribution is 0.268. The lowest BCUT2D eigenvalue weighted by Crippen LogP contribution is -2.18. The van der Waals surface area contributed by atoms with Crippen molar-refractivity contribution < 1.29 is 4.74 Å². The van der Waals surface area contributed by atoms with Gasteiger partial charge in [-0.25, -0.2) is 0 Å². The molecule has 0 aliphatic heterocycles. The fourth-order valence-corrected chi connectivity index (χ4v) is 1.42. The van der Waals surface area contributed by atoms with E-state index >= 15 is 0 Å². The van der Waals surface area contributed by atoms with E-state index < -0.39 is 0 Å². The minimum absolute atomic E-state index is 0.175. The predicted octanol–water partition coefficient (Wildman–Crippen LogP) is 2.61. The Morgan fingerprint density at radius 1 is 1.20 bits per heavy atom. The van der Waals surface area contributed by atoms with E-state index in [1.165, 1.54) is 5.56 Å². The number of ether oxygens (including phenoxy) is 1. The minimum atomic E-state index is 0.175. The van der Waals surface area contributed by atoms with Gasteiger partial charge in [-0.15, -0.1) is 0 Å². The molecule has 0 amide bonds. The first-order valence-electron chi connectivity index (χ1n) is 5.56. The maximum Gasteiger partial charge on any atom is 0.122 e. The van der Waals surface area contributed by atoms with E-state index in [1.807, 2.05) is 25.1 Å². The van der Waals surface area contributed by atoms with Crippen molar-refractivity contribution in [1.82, 2.24) is 0 Å². The summed E-state index contributed by atoms with van der Waals surface area (Å²) in [5, 5.41) is 0. The summed E-state index contributed by atoms with van der Waals surface area (Å²) in [5.41, 5.74) is 7.00. The second kappa shape index (κ2) is 5.76. The SMILES string of the molecule is CC(C)COc1ccccc1CC(C)N. The van der Waals surface area contributed by atoms with Crippen LogP contribution in [0.1, 0.15) is 26.3 Å². The molecule has 1 atom stereocenters. The minimum Gasteiger partial charge on any atom is -0.493 e. The number of rotatable bonds is 5. The van der Waals surface area contributed by atoms with Crippen LogP contribution >= 0.6 is 0 Å². The van der Waals surface area contributed by atoms with Gasteiger partial charge in [-0.1, -0.05) is 32.0 Å². The highest BCUT2D eigenvalue weighted by atomic mass is 16.5. The second-order valence-corrected chi connectivity index (χ2v) is 4.49. The van der Waals surface area contributed by atoms with Crippen molar-refractivity contribution in [2.45, 2.75) is 33.2 Å². The number of hydrogen-bond acceptors (Lipinski definition) is 2. The van der Waals surface area contributed by atoms with Gasteiger partial charge >= 0.3 is 0 Å². The molecule has 0 bridgehead atoms. The predicted molar refractivity (Wildman–Crippen MR) is 64.1 cm³/mol. The van der Waals surface area contributed by atoms with E-state index in [0.717, 1.165) is 18.8 Å². The Balaban J connectivity index is 2.68. The molecule has 2 N–H and O–H groups in total. The van der Waals surface area contributed by atoms with Gasteiger partial charge in [0, 0.05) is 6.04 Å². The smallest absolute Gasteiger partial charge is 0.122 e. The summed E-state index contributed by atoms with van der Waals surface area (Å²) in [4.78, 5) is 0. The van der Waals surface area contributed by atoms with E-state index in [0.29, 0.717) is 5.92 Å². The van der Waals surface area contributed by atoms with Crippen molar-refractivity contribution >= 4 is 0 Å². The van der Waals surface area contributed by atoms with Crippen LogP contribution in [0.25, 0.3) is 0 Å². The molecule has 0 saturated heterocycles. The van der Waals surface area contributed by atoms with E-state index in [4.69, 9.17) is 10.5 Å². The zero-order valence-electron chi connectivity index (χ0n) is 9.86. The van der Waals surface area contributed by atoms with Crippen molar-refractivity contribution in [2.24, 2.45) is 11.7 Å². The Labute approximate surface area is 92.4 Å². The topological polar surface area (TPSA) is 35.2 Å². The Morgan fingerprint density at radius 2 is 1.87 bits per heavy atom. The fraction of sp³-hybridized carbons (Fsp3) is 0.538. The molecule has 0 heterocycles. The first kappa shape index (κ1) is 12.1. The van der Waals surface area contributed by atoms with Crippen LogP contribution in [-0.4, -0.2) is 12.6 Å². The van der Waals surface area contributed by atoms with Gasteiger partial charge in [0.1, 0.15) is 5.75 Å². The van der Waals surface area contributed by atoms with Gasteiger partial charge in [0.05, 0.1) is 6.61 Å². The van der Waals surface area contributed by atoms with Gasteiger partial charge in [-0.3, -0.25) is 0 Å². The van der Waals surface area contributed by atoms with Gasteiger partial charge in [-0.2, -0.15) is 0 Å². The Bertz CT molecular complexity index is 294. The first-order valence-corrected chi connectivity index (χ1v) is 5.56. The Morgan fingerprint density at radius 3 is 2.47 bits per heavy atom. The molecule has 0 aliphatic carbocycles. The van der Waals surface area contributed by atoms with E-state index in [2.05, 4.69) is 19.9 Å². The lowest BCUT2D eigenvalue weighted by atomic mass is 10.1. The maximum atomic E-state index is 5.79. The average molecular weight is 207 g/mol. The summed E-state index contributed by atoms with van der Waals surface area (Å²) < 4.78 is 5.74. The monoisotopic (exact) mass is 207 g/mol. The normalized spacial score (nSPS) is 12.9. The Hall–Kier alpha value is -1.02. The average Bonchev–Trinajstić information content (AvgIpc) is 2.15. The maximum absolute atomic E-state index is 5.79. The molecule has 0 fully saturated rings. The zero-order valence-corrected chi connectivity index (χ0v) is 9.86. The number of para-hydroxylation sites is 1. The van der Waals surface area contributed by atoms with Crippen LogP contribution in [0.5, 0.6) is 5.75 Å². The van der Waals surface area contributed by atoms with Crippen LogP contribution in [0.3, 0.4) is 0 Å². The molecule has 0 aromatic heterocycles. The summed E-state index contributed by atoms with van der Waals surface area (Å²) in [5.74, 6) is 1.52. The first-order chi connectivity index (χ1) is 7.09. The zero-order chi connectivity index (χ0) is 11.3. The third-order valence-electron chi connectivity index (χ3n) is 2.09. The van der Waals surface area contributed by atoms with Gasteiger partial charge in [0.25, 0.3) is 0 Å². The van der Waals surface area contributed by atoms with Crippen molar-refractivity contribution in [3.63, 3.8) is 0 Å². The van der Waals surface area contributed by atoms with Crippen LogP contribution in [0.15, 0.2) is 24.3 Å². The molecular formula is C13H21NO. The summed E-state index contributed by atoms with van der Waals surface area (Å²) in [6.07, 6.45) is 0.869. The van der Waals surface area contributed by atoms with Crippen LogP contribution < -0.4 is 10.5 Å². The molecule has 1 aromatic carbocycles. The second-order valence-electron chi connectivity index (χ2n) is 4.49. The molecule has 0 aliphatic rings. The quantitative estimate of drug-likeness (QED) is 0.805. The molecule has 84 valence electrons. The summed E-state index contributed by atoms with van der Waals surface area (Å²) in [6, 6.07) is 8.30. The molecular weight excluding hydrogens is 186 g/mol. The summed E-state index contributed by atoms with van der Waals surface area (Å²) in [6.45, 7) is 7.07. The third kappa shape index (κ3) is 4.34. The summed E-state index contributed by atoms with van der Waals surface area (Å²) >= 11 is 0. The van der Waals surface area contributed by atoms with Crippen molar-refractivity contribution in [3.8, 4) is 5.75 Å². The fourth-order valence-electron chi connectivity index (χ4n) is 1.42. The highest BCUT2D eigenvalue weighted by Gasteiger charge is 2.05. The number of hydrogen-bond donors (Lipinski definition) is 1. The molecule has 2 nitrogen and oxygen atoms in total. The molecule has 1 aromatic rings. The van der Waals surface area contributed by atoms with Crippen LogP contribution in [0.2, 0.25) is 0 Å². The molecule has 1 unspecified atom stereocenters. The number of nitrogens with two attached hydrogens (primary N) is 1. The molecule has 2 heteroatoms. The highest BCUT2D eigenvalue weighted by Crippen LogP contribution is 2.19. The van der Waals surface area contributed by atoms with Gasteiger partial charge < -0.3 is 10.5 Å². The van der Waals surface area contributed by atoms with Gasteiger partial charge in [0.2, 0.25) is 0 Å². The van der Waals surface area contributed by atoms with E-state index in [9.17, 15) is 0 Å². The van der Waals surface area contributed by atoms with Crippen molar-refractivity contribution in [1.29, 1.82) is 0 Å². The van der Waals surface area contributed by atoms with Crippen LogP contribution in [0.4, 0.5) is 0 Å². The standard InChI is InChI=1S/C13H21NO/c1-10(2)9-15-13-7-5-4-6-12(13)8-11(3)14/h4-7,10-11H,8-9,14H2,1-3H3. The third-order valence-corrected chi connectivity index (χ3v) is 2.09. The number of benzene rings is 1. The van der Waals surface area contributed by atoms with Crippen LogP contribution in [0, 0.1) is 5.92 Å². The Kier molecular flexibility index (Phi) is 4.63. The molecule has 1 rings (SSSR count). The molecule has 0 radical (unpaired) electrons. The van der Waals surface area contributed by atoms with E-state index in [-0.39, 0.29) is 6.04 Å². The largest absolute Gasteiger partial charge is 0.493 e. The van der Waals surface area contributed by atoms with Crippen LogP contribution in [-0.2, 0) is 6.42 Å². The molecule has 15 heavy (non-hydrogen) atoms.